The number of aromatic nitrogens is 1. The van der Waals surface area contributed by atoms with Crippen molar-refractivity contribution in [2.75, 3.05) is 32.8 Å². The third-order valence-electron chi connectivity index (χ3n) is 3.81. The summed E-state index contributed by atoms with van der Waals surface area (Å²) in [6.07, 6.45) is 3.89. The molecular formula is C18H34IN5O3S. The summed E-state index contributed by atoms with van der Waals surface area (Å²) < 4.78 is 32.5. The third kappa shape index (κ3) is 10.5. The van der Waals surface area contributed by atoms with Crippen LogP contribution in [0.3, 0.4) is 0 Å². The van der Waals surface area contributed by atoms with Crippen LogP contribution in [0.5, 0.6) is 0 Å². The number of halogens is 1. The number of ether oxygens (including phenoxy) is 1. The molecule has 28 heavy (non-hydrogen) atoms. The topological polar surface area (TPSA) is 105 Å². The summed E-state index contributed by atoms with van der Waals surface area (Å²) in [4.78, 5) is 8.52. The van der Waals surface area contributed by atoms with Crippen molar-refractivity contribution in [1.82, 2.24) is 20.3 Å². The first kappa shape index (κ1) is 27.0. The molecule has 162 valence electrons. The molecule has 0 spiro atoms. The van der Waals surface area contributed by atoms with Crippen molar-refractivity contribution in [1.29, 1.82) is 0 Å². The molecule has 0 bridgehead atoms. The Kier molecular flexibility index (Phi) is 14.4. The van der Waals surface area contributed by atoms with Crippen molar-refractivity contribution in [2.24, 2.45) is 10.9 Å². The summed E-state index contributed by atoms with van der Waals surface area (Å²) in [5.41, 5.74) is 0. The second kappa shape index (κ2) is 14.9. The van der Waals surface area contributed by atoms with Gasteiger partial charge >= 0.3 is 0 Å². The average molecular weight is 527 g/mol. The first-order valence-electron chi connectivity index (χ1n) is 9.44. The minimum absolute atomic E-state index is 0. The van der Waals surface area contributed by atoms with Gasteiger partial charge in [0.05, 0.1) is 6.10 Å². The molecule has 0 amide bonds. The molecule has 1 aromatic heterocycles. The van der Waals surface area contributed by atoms with Crippen molar-refractivity contribution < 1.29 is 13.2 Å². The molecule has 0 aromatic carbocycles. The first-order valence-corrected chi connectivity index (χ1v) is 10.9. The van der Waals surface area contributed by atoms with E-state index >= 15 is 0 Å². The van der Waals surface area contributed by atoms with Crippen LogP contribution in [-0.2, 0) is 14.8 Å². The zero-order chi connectivity index (χ0) is 20.1. The Hall–Kier alpha value is -0.980. The van der Waals surface area contributed by atoms with Crippen molar-refractivity contribution in [3.63, 3.8) is 0 Å². The van der Waals surface area contributed by atoms with E-state index in [0.717, 1.165) is 13.0 Å². The smallest absolute Gasteiger partial charge is 0.242 e. The minimum atomic E-state index is -3.54. The van der Waals surface area contributed by atoms with Crippen LogP contribution in [0.1, 0.15) is 34.1 Å². The molecule has 3 N–H and O–H groups in total. The maximum Gasteiger partial charge on any atom is 0.242 e. The third-order valence-corrected chi connectivity index (χ3v) is 5.25. The van der Waals surface area contributed by atoms with Gasteiger partial charge in [-0.3, -0.25) is 9.98 Å². The molecule has 10 heteroatoms. The Balaban J connectivity index is 0.00000729. The molecule has 0 saturated heterocycles. The number of hydrogen-bond donors (Lipinski definition) is 3. The summed E-state index contributed by atoms with van der Waals surface area (Å²) in [6.45, 7) is 11.0. The van der Waals surface area contributed by atoms with E-state index in [1.165, 1.54) is 18.5 Å². The highest BCUT2D eigenvalue weighted by atomic mass is 127. The summed E-state index contributed by atoms with van der Waals surface area (Å²) in [5, 5.41) is 6.29. The van der Waals surface area contributed by atoms with Gasteiger partial charge < -0.3 is 15.4 Å². The number of guanidine groups is 1. The molecule has 0 saturated carbocycles. The van der Waals surface area contributed by atoms with E-state index in [1.807, 2.05) is 13.8 Å². The predicted molar refractivity (Wildman–Crippen MR) is 124 cm³/mol. The highest BCUT2D eigenvalue weighted by molar-refractivity contribution is 14.0. The quantitative estimate of drug-likeness (QED) is 0.166. The van der Waals surface area contributed by atoms with Gasteiger partial charge in [-0.2, -0.15) is 0 Å². The molecule has 0 aliphatic heterocycles. The van der Waals surface area contributed by atoms with Crippen molar-refractivity contribution in [2.45, 2.75) is 45.1 Å². The van der Waals surface area contributed by atoms with E-state index in [0.29, 0.717) is 31.6 Å². The van der Waals surface area contributed by atoms with Gasteiger partial charge in [-0.05, 0) is 38.3 Å². The molecule has 0 aliphatic rings. The number of nitrogens with one attached hydrogen (secondary N) is 3. The number of rotatable bonds is 12. The first-order chi connectivity index (χ1) is 12.9. The lowest BCUT2D eigenvalue weighted by molar-refractivity contribution is 0.0266. The van der Waals surface area contributed by atoms with Crippen LogP contribution in [0.2, 0.25) is 0 Å². The minimum Gasteiger partial charge on any atom is -0.378 e. The fraction of sp³-hybridized carbons (Fsp3) is 0.667. The van der Waals surface area contributed by atoms with Crippen LogP contribution in [0.4, 0.5) is 0 Å². The fourth-order valence-corrected chi connectivity index (χ4v) is 3.42. The molecule has 1 aromatic rings. The van der Waals surface area contributed by atoms with E-state index in [2.05, 4.69) is 39.2 Å². The molecule has 1 heterocycles. The molecule has 0 aliphatic carbocycles. The molecule has 1 unspecified atom stereocenters. The molecule has 0 fully saturated rings. The zero-order valence-corrected chi connectivity index (χ0v) is 20.3. The Morgan fingerprint density at radius 2 is 2.00 bits per heavy atom. The maximum absolute atomic E-state index is 12.1. The highest BCUT2D eigenvalue weighted by Gasteiger charge is 2.14. The summed E-state index contributed by atoms with van der Waals surface area (Å²) in [5.74, 6) is 1.11. The molecule has 1 atom stereocenters. The molecule has 0 radical (unpaired) electrons. The number of pyridine rings is 1. The van der Waals surface area contributed by atoms with E-state index in [9.17, 15) is 8.42 Å². The van der Waals surface area contributed by atoms with Gasteiger partial charge in [0.15, 0.2) is 5.96 Å². The van der Waals surface area contributed by atoms with Gasteiger partial charge in [-0.1, -0.05) is 13.8 Å². The van der Waals surface area contributed by atoms with Crippen LogP contribution in [0.15, 0.2) is 34.4 Å². The van der Waals surface area contributed by atoms with Crippen molar-refractivity contribution in [3.8, 4) is 0 Å². The molecule has 1 rings (SSSR count). The second-order valence-electron chi connectivity index (χ2n) is 6.30. The predicted octanol–water partition coefficient (Wildman–Crippen LogP) is 1.98. The van der Waals surface area contributed by atoms with Crippen LogP contribution >= 0.6 is 24.0 Å². The largest absolute Gasteiger partial charge is 0.378 e. The van der Waals surface area contributed by atoms with E-state index in [-0.39, 0.29) is 41.5 Å². The SMILES string of the molecule is CCNC(=NCCC(OCC)C(C)C)NCCNS(=O)(=O)c1cccnc1.I. The number of sulfonamides is 1. The van der Waals surface area contributed by atoms with Gasteiger partial charge in [-0.25, -0.2) is 13.1 Å². The van der Waals surface area contributed by atoms with Gasteiger partial charge in [0, 0.05) is 45.2 Å². The fourth-order valence-electron chi connectivity index (χ4n) is 2.42. The molecule has 8 nitrogen and oxygen atoms in total. The average Bonchev–Trinajstić information content (AvgIpc) is 2.65. The van der Waals surface area contributed by atoms with Crippen LogP contribution < -0.4 is 15.4 Å². The molecular weight excluding hydrogens is 493 g/mol. The van der Waals surface area contributed by atoms with E-state index < -0.39 is 10.0 Å². The second-order valence-corrected chi connectivity index (χ2v) is 8.07. The van der Waals surface area contributed by atoms with E-state index in [1.54, 1.807) is 6.07 Å². The lowest BCUT2D eigenvalue weighted by Crippen LogP contribution is -2.41. The Morgan fingerprint density at radius 3 is 2.57 bits per heavy atom. The van der Waals surface area contributed by atoms with Crippen LogP contribution in [-0.4, -0.2) is 58.3 Å². The maximum atomic E-state index is 12.1. The summed E-state index contributed by atoms with van der Waals surface area (Å²) in [6, 6.07) is 3.10. The van der Waals surface area contributed by atoms with Crippen molar-refractivity contribution >= 4 is 40.0 Å². The van der Waals surface area contributed by atoms with Gasteiger partial charge in [-0.15, -0.1) is 24.0 Å². The highest BCUT2D eigenvalue weighted by Crippen LogP contribution is 2.10. The van der Waals surface area contributed by atoms with Crippen LogP contribution in [0.25, 0.3) is 0 Å². The van der Waals surface area contributed by atoms with Crippen molar-refractivity contribution in [3.05, 3.63) is 24.5 Å². The van der Waals surface area contributed by atoms with Gasteiger partial charge in [0.2, 0.25) is 10.0 Å². The van der Waals surface area contributed by atoms with Crippen LogP contribution in [0, 0.1) is 5.92 Å². The number of nitrogens with zero attached hydrogens (tertiary/aromatic N) is 2. The Bertz CT molecular complexity index is 656. The normalized spacial score (nSPS) is 13.1. The standard InChI is InChI=1S/C18H33N5O3S.HI/c1-5-20-18(21-11-9-17(15(3)4)26-6-2)22-12-13-23-27(24,25)16-8-7-10-19-14-16;/h7-8,10,14-15,17,23H,5-6,9,11-13H2,1-4H3,(H2,20,21,22);1H. The Labute approximate surface area is 186 Å². The lowest BCUT2D eigenvalue weighted by atomic mass is 10.0. The van der Waals surface area contributed by atoms with Gasteiger partial charge in [0.25, 0.3) is 0 Å². The summed E-state index contributed by atoms with van der Waals surface area (Å²) in [7, 11) is -3.54. The monoisotopic (exact) mass is 527 g/mol. The summed E-state index contributed by atoms with van der Waals surface area (Å²) >= 11 is 0. The zero-order valence-electron chi connectivity index (χ0n) is 17.1. The lowest BCUT2D eigenvalue weighted by Gasteiger charge is -2.20. The van der Waals surface area contributed by atoms with Gasteiger partial charge in [0.1, 0.15) is 4.90 Å². The number of aliphatic imine (C=N–C) groups is 1. The van der Waals surface area contributed by atoms with E-state index in [4.69, 9.17) is 4.74 Å². The Morgan fingerprint density at radius 1 is 1.25 bits per heavy atom. The number of hydrogen-bond acceptors (Lipinski definition) is 5.